The SMILES string of the molecule is Nc1ccc(C(=O)Nc2ncnc(Cl)c2Cl)c(N)c1. The molecule has 2 aromatic rings. The molecule has 0 saturated heterocycles. The van der Waals surface area contributed by atoms with Crippen molar-refractivity contribution in [2.45, 2.75) is 0 Å². The second-order valence-electron chi connectivity index (χ2n) is 3.63. The highest BCUT2D eigenvalue weighted by molar-refractivity contribution is 6.43. The number of carbonyl (C=O) groups is 1. The molecule has 1 aromatic carbocycles. The maximum absolute atomic E-state index is 12.0. The minimum absolute atomic E-state index is 0.0530. The van der Waals surface area contributed by atoms with Crippen molar-refractivity contribution in [1.29, 1.82) is 0 Å². The molecular formula is C11H9Cl2N5O. The topological polar surface area (TPSA) is 107 Å². The summed E-state index contributed by atoms with van der Waals surface area (Å²) in [5.74, 6) is -0.350. The summed E-state index contributed by atoms with van der Waals surface area (Å²) in [4.78, 5) is 19.5. The number of nitrogens with one attached hydrogen (secondary N) is 1. The lowest BCUT2D eigenvalue weighted by Gasteiger charge is -2.08. The summed E-state index contributed by atoms with van der Waals surface area (Å²) in [6.45, 7) is 0. The van der Waals surface area contributed by atoms with Gasteiger partial charge >= 0.3 is 0 Å². The number of halogens is 2. The zero-order valence-electron chi connectivity index (χ0n) is 9.52. The van der Waals surface area contributed by atoms with E-state index in [1.165, 1.54) is 18.5 Å². The van der Waals surface area contributed by atoms with Crippen LogP contribution in [-0.4, -0.2) is 15.9 Å². The van der Waals surface area contributed by atoms with Gasteiger partial charge in [-0.1, -0.05) is 23.2 Å². The number of nitrogens with zero attached hydrogens (tertiary/aromatic N) is 2. The van der Waals surface area contributed by atoms with Crippen molar-refractivity contribution in [3.8, 4) is 0 Å². The lowest BCUT2D eigenvalue weighted by atomic mass is 10.1. The molecule has 0 fully saturated rings. The van der Waals surface area contributed by atoms with Gasteiger partial charge in [0.15, 0.2) is 11.0 Å². The van der Waals surface area contributed by atoms with E-state index in [4.69, 9.17) is 34.7 Å². The molecular weight excluding hydrogens is 289 g/mol. The molecule has 0 aliphatic carbocycles. The van der Waals surface area contributed by atoms with Crippen LogP contribution in [-0.2, 0) is 0 Å². The minimum Gasteiger partial charge on any atom is -0.399 e. The molecule has 1 heterocycles. The minimum atomic E-state index is -0.464. The molecule has 0 aliphatic heterocycles. The molecule has 8 heteroatoms. The molecule has 0 radical (unpaired) electrons. The van der Waals surface area contributed by atoms with Crippen LogP contribution in [0.3, 0.4) is 0 Å². The average Bonchev–Trinajstić information content (AvgIpc) is 2.34. The fourth-order valence-corrected chi connectivity index (χ4v) is 1.68. The molecule has 0 saturated carbocycles. The molecule has 1 aromatic heterocycles. The van der Waals surface area contributed by atoms with Crippen LogP contribution in [0.2, 0.25) is 10.2 Å². The third-order valence-electron chi connectivity index (χ3n) is 2.30. The van der Waals surface area contributed by atoms with E-state index >= 15 is 0 Å². The number of nitrogen functional groups attached to an aromatic ring is 2. The van der Waals surface area contributed by atoms with Gasteiger partial charge in [0.25, 0.3) is 5.91 Å². The van der Waals surface area contributed by atoms with Crippen molar-refractivity contribution in [3.63, 3.8) is 0 Å². The van der Waals surface area contributed by atoms with Crippen molar-refractivity contribution in [3.05, 3.63) is 40.3 Å². The number of hydrogen-bond acceptors (Lipinski definition) is 5. The Kier molecular flexibility index (Phi) is 3.73. The summed E-state index contributed by atoms with van der Waals surface area (Å²) >= 11 is 11.6. The molecule has 2 rings (SSSR count). The number of amides is 1. The summed E-state index contributed by atoms with van der Waals surface area (Å²) in [6.07, 6.45) is 1.19. The summed E-state index contributed by atoms with van der Waals surface area (Å²) in [6, 6.07) is 4.57. The highest BCUT2D eigenvalue weighted by atomic mass is 35.5. The molecule has 0 bridgehead atoms. The third kappa shape index (κ3) is 2.86. The highest BCUT2D eigenvalue weighted by Crippen LogP contribution is 2.26. The lowest BCUT2D eigenvalue weighted by Crippen LogP contribution is -2.15. The van der Waals surface area contributed by atoms with Crippen molar-refractivity contribution in [1.82, 2.24) is 9.97 Å². The van der Waals surface area contributed by atoms with E-state index in [0.29, 0.717) is 5.69 Å². The van der Waals surface area contributed by atoms with Crippen LogP contribution in [0.5, 0.6) is 0 Å². The van der Waals surface area contributed by atoms with Crippen molar-refractivity contribution in [2.75, 3.05) is 16.8 Å². The summed E-state index contributed by atoms with van der Waals surface area (Å²) < 4.78 is 0. The standard InChI is InChI=1S/C11H9Cl2N5O/c12-8-9(13)16-4-17-10(8)18-11(19)6-2-1-5(14)3-7(6)15/h1-4H,14-15H2,(H,16,17,18,19). The van der Waals surface area contributed by atoms with E-state index in [2.05, 4.69) is 15.3 Å². The maximum atomic E-state index is 12.0. The van der Waals surface area contributed by atoms with Gasteiger partial charge in [-0.25, -0.2) is 9.97 Å². The van der Waals surface area contributed by atoms with Crippen LogP contribution in [0, 0.1) is 0 Å². The van der Waals surface area contributed by atoms with Crippen LogP contribution in [0.1, 0.15) is 10.4 Å². The van der Waals surface area contributed by atoms with Gasteiger partial charge in [0.2, 0.25) is 0 Å². The summed E-state index contributed by atoms with van der Waals surface area (Å²) in [5, 5.41) is 2.61. The van der Waals surface area contributed by atoms with Crippen molar-refractivity contribution < 1.29 is 4.79 Å². The Morgan fingerprint density at radius 3 is 2.63 bits per heavy atom. The first-order valence-electron chi connectivity index (χ1n) is 5.11. The number of aromatic nitrogens is 2. The number of carbonyl (C=O) groups excluding carboxylic acids is 1. The Labute approximate surface area is 118 Å². The van der Waals surface area contributed by atoms with E-state index < -0.39 is 5.91 Å². The predicted octanol–water partition coefficient (Wildman–Crippen LogP) is 2.20. The van der Waals surface area contributed by atoms with E-state index in [9.17, 15) is 4.79 Å². The van der Waals surface area contributed by atoms with Crippen molar-refractivity contribution in [2.24, 2.45) is 0 Å². The van der Waals surface area contributed by atoms with Gasteiger partial charge < -0.3 is 16.8 Å². The Morgan fingerprint density at radius 2 is 1.95 bits per heavy atom. The second-order valence-corrected chi connectivity index (χ2v) is 4.36. The number of anilines is 3. The number of nitrogens with two attached hydrogens (primary N) is 2. The first-order valence-corrected chi connectivity index (χ1v) is 5.87. The molecule has 0 unspecified atom stereocenters. The van der Waals surface area contributed by atoms with E-state index in [1.54, 1.807) is 6.07 Å². The van der Waals surface area contributed by atoms with Gasteiger partial charge in [-0.3, -0.25) is 4.79 Å². The molecule has 0 spiro atoms. The van der Waals surface area contributed by atoms with Gasteiger partial charge in [0, 0.05) is 11.4 Å². The first-order chi connectivity index (χ1) is 8.99. The Hall–Kier alpha value is -2.05. The number of hydrogen-bond donors (Lipinski definition) is 3. The summed E-state index contributed by atoms with van der Waals surface area (Å²) in [7, 11) is 0. The largest absolute Gasteiger partial charge is 0.399 e. The Balaban J connectivity index is 2.28. The van der Waals surface area contributed by atoms with Gasteiger partial charge in [-0.05, 0) is 18.2 Å². The fraction of sp³-hybridized carbons (Fsp3) is 0. The molecule has 5 N–H and O–H groups in total. The van der Waals surface area contributed by atoms with Gasteiger partial charge in [-0.2, -0.15) is 0 Å². The lowest BCUT2D eigenvalue weighted by molar-refractivity contribution is 0.102. The number of benzene rings is 1. The maximum Gasteiger partial charge on any atom is 0.258 e. The summed E-state index contributed by atoms with van der Waals surface area (Å²) in [5.41, 5.74) is 12.3. The monoisotopic (exact) mass is 297 g/mol. The quantitative estimate of drug-likeness (QED) is 0.582. The van der Waals surface area contributed by atoms with Crippen LogP contribution in [0.15, 0.2) is 24.5 Å². The van der Waals surface area contributed by atoms with Crippen LogP contribution in [0.25, 0.3) is 0 Å². The Morgan fingerprint density at radius 1 is 1.21 bits per heavy atom. The molecule has 98 valence electrons. The average molecular weight is 298 g/mol. The first kappa shape index (κ1) is 13.4. The highest BCUT2D eigenvalue weighted by Gasteiger charge is 2.14. The van der Waals surface area contributed by atoms with Crippen molar-refractivity contribution >= 4 is 46.3 Å². The van der Waals surface area contributed by atoms with Gasteiger partial charge in [0.1, 0.15) is 11.3 Å². The molecule has 6 nitrogen and oxygen atoms in total. The zero-order valence-corrected chi connectivity index (χ0v) is 11.0. The molecule has 19 heavy (non-hydrogen) atoms. The van der Waals surface area contributed by atoms with Crippen LogP contribution in [0.4, 0.5) is 17.2 Å². The third-order valence-corrected chi connectivity index (χ3v) is 3.04. The van der Waals surface area contributed by atoms with Crippen LogP contribution >= 0.6 is 23.2 Å². The Bertz CT molecular complexity index is 647. The smallest absolute Gasteiger partial charge is 0.258 e. The zero-order chi connectivity index (χ0) is 14.0. The molecule has 0 aliphatic rings. The number of rotatable bonds is 2. The predicted molar refractivity (Wildman–Crippen MR) is 75.3 cm³/mol. The van der Waals surface area contributed by atoms with Crippen LogP contribution < -0.4 is 16.8 Å². The van der Waals surface area contributed by atoms with E-state index in [0.717, 1.165) is 0 Å². The fourth-order valence-electron chi connectivity index (χ4n) is 1.40. The van der Waals surface area contributed by atoms with E-state index in [1.807, 2.05) is 0 Å². The second kappa shape index (κ2) is 5.29. The normalized spacial score (nSPS) is 10.2. The molecule has 1 amide bonds. The van der Waals surface area contributed by atoms with E-state index in [-0.39, 0.29) is 27.2 Å². The molecule has 0 atom stereocenters. The van der Waals surface area contributed by atoms with Gasteiger partial charge in [-0.15, -0.1) is 0 Å². The van der Waals surface area contributed by atoms with Gasteiger partial charge in [0.05, 0.1) is 5.56 Å².